The van der Waals surface area contributed by atoms with Gasteiger partial charge in [0.1, 0.15) is 0 Å². The molecule has 0 saturated carbocycles. The zero-order chi connectivity index (χ0) is 25.3. The molecule has 2 heterocycles. The second kappa shape index (κ2) is 9.38. The van der Waals surface area contributed by atoms with Crippen LogP contribution in [0.15, 0.2) is 59.4 Å². The smallest absolute Gasteiger partial charge is 0.360 e. The van der Waals surface area contributed by atoms with Crippen molar-refractivity contribution in [3.63, 3.8) is 0 Å². The molecule has 35 heavy (non-hydrogen) atoms. The van der Waals surface area contributed by atoms with E-state index in [0.717, 1.165) is 4.68 Å². The van der Waals surface area contributed by atoms with E-state index in [-0.39, 0.29) is 27.9 Å². The van der Waals surface area contributed by atoms with Crippen LogP contribution in [0.5, 0.6) is 0 Å². The van der Waals surface area contributed by atoms with E-state index in [1.165, 1.54) is 14.0 Å². The number of carbonyl (C=O) groups excluding carboxylic acids is 3. The van der Waals surface area contributed by atoms with Crippen molar-refractivity contribution in [2.45, 2.75) is 26.9 Å². The van der Waals surface area contributed by atoms with E-state index in [1.807, 2.05) is 0 Å². The summed E-state index contributed by atoms with van der Waals surface area (Å²) in [6, 6.07) is 15.3. The second-order valence-electron chi connectivity index (χ2n) is 7.98. The third-order valence-electron chi connectivity index (χ3n) is 5.73. The maximum Gasteiger partial charge on any atom is 0.360 e. The summed E-state index contributed by atoms with van der Waals surface area (Å²) in [6.45, 7) is 4.70. The number of carbonyl (C=O) groups is 3. The fraction of sp³-hybridized carbons (Fsp3) is 0.192. The average Bonchev–Trinajstić information content (AvgIpc) is 3.17. The van der Waals surface area contributed by atoms with Crippen LogP contribution in [-0.4, -0.2) is 45.7 Å². The molecule has 0 spiro atoms. The van der Waals surface area contributed by atoms with E-state index in [9.17, 15) is 19.2 Å². The number of nitrogens with one attached hydrogen (secondary N) is 1. The van der Waals surface area contributed by atoms with Gasteiger partial charge in [-0.15, -0.1) is 0 Å². The molecule has 0 fully saturated rings. The first kappa shape index (κ1) is 23.6. The highest BCUT2D eigenvalue weighted by molar-refractivity contribution is 6.06. The molecular weight excluding hydrogens is 450 g/mol. The van der Waals surface area contributed by atoms with Crippen molar-refractivity contribution in [2.75, 3.05) is 7.11 Å². The second-order valence-corrected chi connectivity index (χ2v) is 7.98. The first-order valence-corrected chi connectivity index (χ1v) is 10.8. The third kappa shape index (κ3) is 4.23. The molecule has 4 aromatic rings. The number of aryl methyl sites for hydroxylation is 1. The van der Waals surface area contributed by atoms with Crippen LogP contribution in [-0.2, 0) is 9.47 Å². The molecule has 9 heteroatoms. The Morgan fingerprint density at radius 2 is 1.57 bits per heavy atom. The van der Waals surface area contributed by atoms with Crippen LogP contribution >= 0.6 is 0 Å². The molecule has 2 aromatic heterocycles. The number of methoxy groups -OCH3 is 1. The van der Waals surface area contributed by atoms with Gasteiger partial charge in [0, 0.05) is 11.1 Å². The number of fused-ring (bicyclic) bond motifs is 1. The fourth-order valence-electron chi connectivity index (χ4n) is 3.96. The van der Waals surface area contributed by atoms with E-state index in [4.69, 9.17) is 9.47 Å². The van der Waals surface area contributed by atoms with Gasteiger partial charge in [0.25, 0.3) is 5.56 Å². The first-order valence-electron chi connectivity index (χ1n) is 10.8. The van der Waals surface area contributed by atoms with Gasteiger partial charge in [0.2, 0.25) is 5.78 Å². The highest BCUT2D eigenvalue weighted by Crippen LogP contribution is 2.22. The van der Waals surface area contributed by atoms with E-state index in [1.54, 1.807) is 68.4 Å². The Morgan fingerprint density at radius 1 is 0.943 bits per heavy atom. The van der Waals surface area contributed by atoms with Crippen LogP contribution in [0.1, 0.15) is 49.5 Å². The lowest BCUT2D eigenvalue weighted by atomic mass is 10.1. The Morgan fingerprint density at radius 3 is 2.23 bits per heavy atom. The van der Waals surface area contributed by atoms with Crippen LogP contribution in [0, 0.1) is 13.8 Å². The Bertz CT molecular complexity index is 1520. The molecule has 0 aliphatic rings. The van der Waals surface area contributed by atoms with Crippen molar-refractivity contribution in [3.8, 4) is 5.69 Å². The van der Waals surface area contributed by atoms with Crippen LogP contribution in [0.25, 0.3) is 16.5 Å². The van der Waals surface area contributed by atoms with Crippen molar-refractivity contribution < 1.29 is 23.9 Å². The normalized spacial score (nSPS) is 11.8. The van der Waals surface area contributed by atoms with Crippen molar-refractivity contribution >= 4 is 28.5 Å². The van der Waals surface area contributed by atoms with Gasteiger partial charge in [-0.1, -0.05) is 36.4 Å². The molecule has 178 valence electrons. The monoisotopic (exact) mass is 473 g/mol. The third-order valence-corrected chi connectivity index (χ3v) is 5.73. The van der Waals surface area contributed by atoms with Crippen molar-refractivity contribution in [1.29, 1.82) is 0 Å². The summed E-state index contributed by atoms with van der Waals surface area (Å²) in [7, 11) is 1.26. The number of esters is 2. The number of rotatable bonds is 6. The Balaban J connectivity index is 1.70. The zero-order valence-electron chi connectivity index (χ0n) is 19.6. The summed E-state index contributed by atoms with van der Waals surface area (Å²) in [4.78, 5) is 54.2. The summed E-state index contributed by atoms with van der Waals surface area (Å²) in [5.41, 5.74) is 1.28. The van der Waals surface area contributed by atoms with Gasteiger partial charge in [-0.05, 0) is 44.5 Å². The van der Waals surface area contributed by atoms with E-state index >= 15 is 0 Å². The minimum absolute atomic E-state index is 0.0988. The van der Waals surface area contributed by atoms with Crippen LogP contribution in [0.2, 0.25) is 0 Å². The lowest BCUT2D eigenvalue weighted by Crippen LogP contribution is -2.29. The number of ether oxygens (including phenoxy) is 2. The van der Waals surface area contributed by atoms with E-state index < -0.39 is 23.8 Å². The van der Waals surface area contributed by atoms with E-state index in [2.05, 4.69) is 10.1 Å². The SMILES string of the molecule is COC(=O)c1c(C)[nH]c(C(=O)C(C)OC(=O)c2nn(-c3ccccc3)c(=O)c3ccccc23)c1C. The van der Waals surface area contributed by atoms with Gasteiger partial charge in [0.15, 0.2) is 11.8 Å². The Kier molecular flexibility index (Phi) is 6.33. The number of benzene rings is 2. The molecule has 9 nitrogen and oxygen atoms in total. The fourth-order valence-corrected chi connectivity index (χ4v) is 3.96. The molecular formula is C26H23N3O6. The predicted octanol–water partition coefficient (Wildman–Crippen LogP) is 3.55. The summed E-state index contributed by atoms with van der Waals surface area (Å²) in [5.74, 6) is -1.95. The highest BCUT2D eigenvalue weighted by Gasteiger charge is 2.29. The predicted molar refractivity (Wildman–Crippen MR) is 128 cm³/mol. The molecule has 1 atom stereocenters. The molecule has 0 aliphatic carbocycles. The minimum Gasteiger partial charge on any atom is -0.465 e. The van der Waals surface area contributed by atoms with Crippen molar-refractivity contribution in [2.24, 2.45) is 0 Å². The molecule has 0 saturated heterocycles. The van der Waals surface area contributed by atoms with Gasteiger partial charge in [-0.2, -0.15) is 9.78 Å². The number of ketones is 1. The molecule has 2 aromatic carbocycles. The number of Topliss-reactive ketones (excluding diaryl/α,β-unsaturated/α-hetero) is 1. The maximum atomic E-state index is 13.2. The highest BCUT2D eigenvalue weighted by atomic mass is 16.5. The summed E-state index contributed by atoms with van der Waals surface area (Å²) < 4.78 is 11.4. The minimum atomic E-state index is -1.19. The molecule has 0 amide bonds. The average molecular weight is 473 g/mol. The van der Waals surface area contributed by atoms with Crippen molar-refractivity contribution in [1.82, 2.24) is 14.8 Å². The largest absolute Gasteiger partial charge is 0.465 e. The topological polar surface area (TPSA) is 120 Å². The summed E-state index contributed by atoms with van der Waals surface area (Å²) in [5, 5.41) is 4.88. The van der Waals surface area contributed by atoms with Crippen LogP contribution < -0.4 is 5.56 Å². The summed E-state index contributed by atoms with van der Waals surface area (Å²) in [6.07, 6.45) is -1.19. The number of hydrogen-bond acceptors (Lipinski definition) is 7. The molecule has 0 radical (unpaired) electrons. The Hall–Kier alpha value is -4.53. The van der Waals surface area contributed by atoms with E-state index in [0.29, 0.717) is 22.3 Å². The molecule has 0 bridgehead atoms. The maximum absolute atomic E-state index is 13.2. The van der Waals surface area contributed by atoms with Gasteiger partial charge in [-0.25, -0.2) is 9.59 Å². The number of para-hydroxylation sites is 1. The molecule has 4 rings (SSSR count). The number of aromatic amines is 1. The molecule has 1 N–H and O–H groups in total. The number of aromatic nitrogens is 3. The molecule has 1 unspecified atom stereocenters. The standard InChI is InChI=1S/C26H23N3O6/c1-14-20(25(32)34-4)15(2)27-21(14)23(30)16(3)35-26(33)22-18-12-8-9-13-19(18)24(31)29(28-22)17-10-6-5-7-11-17/h5-13,16,27H,1-4H3. The lowest BCUT2D eigenvalue weighted by Gasteiger charge is -2.14. The quantitative estimate of drug-likeness (QED) is 0.336. The van der Waals surface area contributed by atoms with Crippen LogP contribution in [0.4, 0.5) is 0 Å². The number of nitrogens with zero attached hydrogens (tertiary/aromatic N) is 2. The number of H-pyrrole nitrogens is 1. The zero-order valence-corrected chi connectivity index (χ0v) is 19.6. The van der Waals surface area contributed by atoms with Gasteiger partial charge in [0.05, 0.1) is 29.4 Å². The first-order chi connectivity index (χ1) is 16.7. The number of hydrogen-bond donors (Lipinski definition) is 1. The molecule has 0 aliphatic heterocycles. The van der Waals surface area contributed by atoms with Crippen molar-refractivity contribution in [3.05, 3.63) is 93.2 Å². The summed E-state index contributed by atoms with van der Waals surface area (Å²) >= 11 is 0. The van der Waals surface area contributed by atoms with Gasteiger partial charge >= 0.3 is 11.9 Å². The van der Waals surface area contributed by atoms with Crippen LogP contribution in [0.3, 0.4) is 0 Å². The van der Waals surface area contributed by atoms with Gasteiger partial charge < -0.3 is 14.5 Å². The Labute approximate surface area is 200 Å². The van der Waals surface area contributed by atoms with Gasteiger partial charge in [-0.3, -0.25) is 9.59 Å². The lowest BCUT2D eigenvalue weighted by molar-refractivity contribution is 0.0311.